The highest BCUT2D eigenvalue weighted by Crippen LogP contribution is 2.11. The average molecular weight is 237 g/mol. The van der Waals surface area contributed by atoms with Crippen molar-refractivity contribution >= 4 is 11.5 Å². The van der Waals surface area contributed by atoms with Gasteiger partial charge >= 0.3 is 0 Å². The van der Waals surface area contributed by atoms with Crippen LogP contribution in [0, 0.1) is 0 Å². The van der Waals surface area contributed by atoms with Crippen LogP contribution in [-0.2, 0) is 0 Å². The highest BCUT2D eigenvalue weighted by Gasteiger charge is 2.00. The van der Waals surface area contributed by atoms with E-state index >= 15 is 0 Å². The molecule has 0 N–H and O–H groups in total. The van der Waals surface area contributed by atoms with Crippen LogP contribution >= 0.6 is 0 Å². The number of allylic oxidation sites excluding steroid dienone is 1. The van der Waals surface area contributed by atoms with Crippen molar-refractivity contribution in [1.82, 2.24) is 0 Å². The summed E-state index contributed by atoms with van der Waals surface area (Å²) >= 11 is 0. The average Bonchev–Trinajstić information content (AvgIpc) is 2.46. The lowest BCUT2D eigenvalue weighted by Crippen LogP contribution is -2.08. The highest BCUT2D eigenvalue weighted by atomic mass is 16.1. The molecule has 0 aliphatic carbocycles. The Balaban J connectivity index is 2.06. The number of carbonyl (C=O) groups is 1. The van der Waals surface area contributed by atoms with Crippen LogP contribution in [0.3, 0.4) is 0 Å². The molecule has 0 amide bonds. The van der Waals surface area contributed by atoms with E-state index in [0.717, 1.165) is 5.69 Å². The van der Waals surface area contributed by atoms with Gasteiger partial charge in [-0.1, -0.05) is 48.5 Å². The number of anilines is 1. The summed E-state index contributed by atoms with van der Waals surface area (Å²) in [7, 11) is 1.92. The van der Waals surface area contributed by atoms with Crippen molar-refractivity contribution in [1.29, 1.82) is 0 Å². The van der Waals surface area contributed by atoms with Gasteiger partial charge in [0.1, 0.15) is 0 Å². The summed E-state index contributed by atoms with van der Waals surface area (Å²) in [6.07, 6.45) is 3.37. The number of benzene rings is 2. The van der Waals surface area contributed by atoms with Crippen LogP contribution in [0.15, 0.2) is 72.9 Å². The van der Waals surface area contributed by atoms with Crippen molar-refractivity contribution in [3.8, 4) is 0 Å². The number of para-hydroxylation sites is 1. The lowest BCUT2D eigenvalue weighted by atomic mass is 10.1. The molecule has 0 heterocycles. The summed E-state index contributed by atoms with van der Waals surface area (Å²) in [4.78, 5) is 13.8. The van der Waals surface area contributed by atoms with Gasteiger partial charge in [-0.15, -0.1) is 0 Å². The molecule has 2 aromatic rings. The Morgan fingerprint density at radius 1 is 0.944 bits per heavy atom. The molecule has 0 saturated carbocycles. The van der Waals surface area contributed by atoms with Gasteiger partial charge in [-0.2, -0.15) is 0 Å². The van der Waals surface area contributed by atoms with Crippen molar-refractivity contribution in [3.05, 3.63) is 78.5 Å². The predicted octanol–water partition coefficient (Wildman–Crippen LogP) is 3.52. The zero-order valence-corrected chi connectivity index (χ0v) is 10.3. The van der Waals surface area contributed by atoms with Gasteiger partial charge in [-0.3, -0.25) is 4.79 Å². The molecule has 0 spiro atoms. The number of hydrogen-bond donors (Lipinski definition) is 0. The number of rotatable bonds is 4. The van der Waals surface area contributed by atoms with Crippen LogP contribution in [0.5, 0.6) is 0 Å². The summed E-state index contributed by atoms with van der Waals surface area (Å²) in [5.41, 5.74) is 1.75. The maximum atomic E-state index is 11.9. The van der Waals surface area contributed by atoms with E-state index in [4.69, 9.17) is 0 Å². The Kier molecular flexibility index (Phi) is 3.92. The molecule has 2 heteroatoms. The normalized spacial score (nSPS) is 10.5. The third-order valence-electron chi connectivity index (χ3n) is 2.67. The SMILES string of the molecule is CN(C=CC(=O)c1ccccc1)c1ccccc1. The molecule has 0 fully saturated rings. The van der Waals surface area contributed by atoms with Crippen LogP contribution in [0.2, 0.25) is 0 Å². The first-order valence-electron chi connectivity index (χ1n) is 5.83. The first-order valence-corrected chi connectivity index (χ1v) is 5.83. The van der Waals surface area contributed by atoms with Crippen LogP contribution < -0.4 is 4.90 Å². The molecule has 2 nitrogen and oxygen atoms in total. The van der Waals surface area contributed by atoms with Gasteiger partial charge in [0.15, 0.2) is 5.78 Å². The fourth-order valence-corrected chi connectivity index (χ4v) is 1.63. The molecule has 0 atom stereocenters. The molecule has 0 saturated heterocycles. The fourth-order valence-electron chi connectivity index (χ4n) is 1.63. The molecule has 0 aliphatic heterocycles. The van der Waals surface area contributed by atoms with Gasteiger partial charge in [-0.05, 0) is 12.1 Å². The van der Waals surface area contributed by atoms with E-state index < -0.39 is 0 Å². The maximum Gasteiger partial charge on any atom is 0.187 e. The summed E-state index contributed by atoms with van der Waals surface area (Å²) in [6, 6.07) is 19.2. The van der Waals surface area contributed by atoms with Gasteiger partial charge in [0.2, 0.25) is 0 Å². The molecular formula is C16H15NO. The molecule has 0 aliphatic rings. The van der Waals surface area contributed by atoms with Crippen LogP contribution in [0.25, 0.3) is 0 Å². The summed E-state index contributed by atoms with van der Waals surface area (Å²) < 4.78 is 0. The second-order valence-corrected chi connectivity index (χ2v) is 3.99. The van der Waals surface area contributed by atoms with E-state index in [0.29, 0.717) is 5.56 Å². The third-order valence-corrected chi connectivity index (χ3v) is 2.67. The van der Waals surface area contributed by atoms with Gasteiger partial charge in [-0.25, -0.2) is 0 Å². The molecule has 2 rings (SSSR count). The quantitative estimate of drug-likeness (QED) is 0.599. The lowest BCUT2D eigenvalue weighted by molar-refractivity contribution is 0.104. The van der Waals surface area contributed by atoms with E-state index in [1.165, 1.54) is 0 Å². The molecule has 0 bridgehead atoms. The van der Waals surface area contributed by atoms with Gasteiger partial charge < -0.3 is 4.90 Å². The van der Waals surface area contributed by atoms with Gasteiger partial charge in [0.05, 0.1) is 0 Å². The van der Waals surface area contributed by atoms with Crippen LogP contribution in [-0.4, -0.2) is 12.8 Å². The first kappa shape index (κ1) is 12.1. The zero-order chi connectivity index (χ0) is 12.8. The summed E-state index contributed by atoms with van der Waals surface area (Å²) in [6.45, 7) is 0. The monoisotopic (exact) mass is 237 g/mol. The predicted molar refractivity (Wildman–Crippen MR) is 74.8 cm³/mol. The van der Waals surface area contributed by atoms with Crippen molar-refractivity contribution in [2.24, 2.45) is 0 Å². The second-order valence-electron chi connectivity index (χ2n) is 3.99. The third kappa shape index (κ3) is 3.08. The van der Waals surface area contributed by atoms with Crippen LogP contribution in [0.4, 0.5) is 5.69 Å². The minimum absolute atomic E-state index is 0.0124. The Bertz CT molecular complexity index is 532. The Morgan fingerprint density at radius 2 is 1.50 bits per heavy atom. The van der Waals surface area contributed by atoms with Gasteiger partial charge in [0, 0.05) is 30.6 Å². The molecule has 2 aromatic carbocycles. The summed E-state index contributed by atoms with van der Waals surface area (Å²) in [5.74, 6) is 0.0124. The standard InChI is InChI=1S/C16H15NO/c1-17(15-10-6-3-7-11-15)13-12-16(18)14-8-4-2-5-9-14/h2-13H,1H3. The topological polar surface area (TPSA) is 20.3 Å². The molecule has 90 valence electrons. The lowest BCUT2D eigenvalue weighted by Gasteiger charge is -2.13. The minimum atomic E-state index is 0.0124. The van der Waals surface area contributed by atoms with Crippen molar-refractivity contribution < 1.29 is 4.79 Å². The second kappa shape index (κ2) is 5.82. The summed E-state index contributed by atoms with van der Waals surface area (Å²) in [5, 5.41) is 0. The number of carbonyl (C=O) groups excluding carboxylic acids is 1. The van der Waals surface area contributed by atoms with Crippen LogP contribution in [0.1, 0.15) is 10.4 Å². The number of hydrogen-bond acceptors (Lipinski definition) is 2. The first-order chi connectivity index (χ1) is 8.77. The molecular weight excluding hydrogens is 222 g/mol. The Morgan fingerprint density at radius 3 is 2.11 bits per heavy atom. The van der Waals surface area contributed by atoms with Crippen molar-refractivity contribution in [2.45, 2.75) is 0 Å². The largest absolute Gasteiger partial charge is 0.351 e. The Labute approximate surface area is 107 Å². The van der Waals surface area contributed by atoms with E-state index in [1.54, 1.807) is 12.3 Å². The number of ketones is 1. The van der Waals surface area contributed by atoms with E-state index in [2.05, 4.69) is 0 Å². The highest BCUT2D eigenvalue weighted by molar-refractivity contribution is 6.04. The zero-order valence-electron chi connectivity index (χ0n) is 10.3. The maximum absolute atomic E-state index is 11.9. The van der Waals surface area contributed by atoms with E-state index in [1.807, 2.05) is 72.6 Å². The van der Waals surface area contributed by atoms with Crippen molar-refractivity contribution in [3.63, 3.8) is 0 Å². The molecule has 0 aromatic heterocycles. The number of nitrogens with zero attached hydrogens (tertiary/aromatic N) is 1. The fraction of sp³-hybridized carbons (Fsp3) is 0.0625. The van der Waals surface area contributed by atoms with Crippen molar-refractivity contribution in [2.75, 3.05) is 11.9 Å². The smallest absolute Gasteiger partial charge is 0.187 e. The molecule has 0 radical (unpaired) electrons. The van der Waals surface area contributed by atoms with E-state index in [-0.39, 0.29) is 5.78 Å². The molecule has 18 heavy (non-hydrogen) atoms. The van der Waals surface area contributed by atoms with E-state index in [9.17, 15) is 4.79 Å². The minimum Gasteiger partial charge on any atom is -0.351 e. The van der Waals surface area contributed by atoms with Gasteiger partial charge in [0.25, 0.3) is 0 Å². The molecule has 0 unspecified atom stereocenters. The Hall–Kier alpha value is -2.35.